The molecular weight excluding hydrogens is 320 g/mol. The molecule has 0 spiro atoms. The van der Waals surface area contributed by atoms with Gasteiger partial charge in [-0.25, -0.2) is 0 Å². The van der Waals surface area contributed by atoms with Crippen molar-refractivity contribution in [2.24, 2.45) is 0 Å². The molecule has 0 aliphatic heterocycles. The topological polar surface area (TPSA) is 26.3 Å². The summed E-state index contributed by atoms with van der Waals surface area (Å²) >= 11 is 0. The van der Waals surface area contributed by atoms with E-state index in [9.17, 15) is 4.79 Å². The first-order chi connectivity index (χ1) is 12.8. The Morgan fingerprint density at radius 2 is 1.19 bits per heavy atom. The Labute approximate surface area is 160 Å². The number of unbranched alkanes of at least 4 members (excludes halogenated alkanes) is 2. The maximum Gasteiger partial charge on any atom is 0.184 e. The minimum atomic E-state index is 0.455. The van der Waals surface area contributed by atoms with Crippen LogP contribution >= 0.6 is 0 Å². The van der Waals surface area contributed by atoms with Crippen molar-refractivity contribution < 1.29 is 9.53 Å². The summed E-state index contributed by atoms with van der Waals surface area (Å²) in [7, 11) is 0. The van der Waals surface area contributed by atoms with Gasteiger partial charge >= 0.3 is 0 Å². The molecule has 0 aliphatic rings. The van der Waals surface area contributed by atoms with Crippen LogP contribution in [0, 0.1) is 0 Å². The fraction of sp³-hybridized carbons (Fsp3) is 0.458. The molecule has 144 valence electrons. The van der Waals surface area contributed by atoms with Gasteiger partial charge in [-0.2, -0.15) is 0 Å². The molecule has 0 aromatic rings. The second-order valence-corrected chi connectivity index (χ2v) is 5.80. The van der Waals surface area contributed by atoms with E-state index in [0.717, 1.165) is 57.7 Å². The molecule has 0 unspecified atom stereocenters. The van der Waals surface area contributed by atoms with Crippen molar-refractivity contribution in [3.05, 3.63) is 72.6 Å². The molecule has 0 saturated heterocycles. The molecule has 0 saturated carbocycles. The zero-order valence-electron chi connectivity index (χ0n) is 16.6. The van der Waals surface area contributed by atoms with Gasteiger partial charge in [0.15, 0.2) is 12.0 Å². The van der Waals surface area contributed by atoms with Gasteiger partial charge in [-0.05, 0) is 64.4 Å². The molecule has 0 radical (unpaired) electrons. The van der Waals surface area contributed by atoms with Crippen molar-refractivity contribution in [2.45, 2.75) is 65.2 Å². The maximum atomic E-state index is 10.7. The van der Waals surface area contributed by atoms with Crippen LogP contribution in [0.15, 0.2) is 72.6 Å². The highest BCUT2D eigenvalue weighted by molar-refractivity contribution is 5.69. The van der Waals surface area contributed by atoms with Gasteiger partial charge in [0, 0.05) is 0 Å². The molecule has 0 heterocycles. The van der Waals surface area contributed by atoms with E-state index in [2.05, 4.69) is 67.7 Å². The van der Waals surface area contributed by atoms with E-state index >= 15 is 0 Å². The SMILES string of the molecule is CC/C=C\C/C=C\C/C=C\C/C=C\C/C=C\CCC/C=C(/C=O)OCC. The van der Waals surface area contributed by atoms with Crippen LogP contribution in [0.2, 0.25) is 0 Å². The van der Waals surface area contributed by atoms with E-state index in [1.54, 1.807) is 0 Å². The molecule has 2 heteroatoms. The molecule has 0 bridgehead atoms. The van der Waals surface area contributed by atoms with Crippen LogP contribution in [0.3, 0.4) is 0 Å². The van der Waals surface area contributed by atoms with Gasteiger partial charge < -0.3 is 4.74 Å². The molecule has 0 aromatic heterocycles. The highest BCUT2D eigenvalue weighted by atomic mass is 16.5. The predicted octanol–water partition coefficient (Wildman–Crippen LogP) is 7.03. The van der Waals surface area contributed by atoms with E-state index in [-0.39, 0.29) is 0 Å². The number of hydrogen-bond acceptors (Lipinski definition) is 2. The number of carbonyl (C=O) groups is 1. The van der Waals surface area contributed by atoms with Crippen LogP contribution in [0.5, 0.6) is 0 Å². The number of hydrogen-bond donors (Lipinski definition) is 0. The lowest BCUT2D eigenvalue weighted by Gasteiger charge is -2.00. The van der Waals surface area contributed by atoms with Crippen molar-refractivity contribution in [2.75, 3.05) is 6.61 Å². The van der Waals surface area contributed by atoms with E-state index in [1.165, 1.54) is 0 Å². The molecule has 26 heavy (non-hydrogen) atoms. The molecule has 0 amide bonds. The molecule has 0 N–H and O–H groups in total. The Kier molecular flexibility index (Phi) is 19.3. The fourth-order valence-electron chi connectivity index (χ4n) is 2.16. The summed E-state index contributed by atoms with van der Waals surface area (Å²) in [6.07, 6.45) is 32.8. The van der Waals surface area contributed by atoms with Crippen molar-refractivity contribution in [3.63, 3.8) is 0 Å². The summed E-state index contributed by atoms with van der Waals surface area (Å²) in [5.41, 5.74) is 0. The van der Waals surface area contributed by atoms with Crippen molar-refractivity contribution in [1.29, 1.82) is 0 Å². The lowest BCUT2D eigenvalue weighted by Crippen LogP contribution is -1.92. The third-order valence-electron chi connectivity index (χ3n) is 3.51. The van der Waals surface area contributed by atoms with Crippen LogP contribution in [0.4, 0.5) is 0 Å². The largest absolute Gasteiger partial charge is 0.491 e. The normalized spacial score (nSPS) is 13.2. The van der Waals surface area contributed by atoms with Crippen LogP contribution < -0.4 is 0 Å². The fourth-order valence-corrected chi connectivity index (χ4v) is 2.16. The van der Waals surface area contributed by atoms with Crippen LogP contribution in [0.1, 0.15) is 65.2 Å². The highest BCUT2D eigenvalue weighted by Gasteiger charge is 1.92. The second kappa shape index (κ2) is 21.0. The predicted molar refractivity (Wildman–Crippen MR) is 114 cm³/mol. The average molecular weight is 357 g/mol. The summed E-state index contributed by atoms with van der Waals surface area (Å²) < 4.78 is 5.18. The van der Waals surface area contributed by atoms with Crippen LogP contribution in [-0.2, 0) is 9.53 Å². The minimum absolute atomic E-state index is 0.455. The van der Waals surface area contributed by atoms with E-state index in [4.69, 9.17) is 4.74 Å². The van der Waals surface area contributed by atoms with Gasteiger partial charge in [0.25, 0.3) is 0 Å². The molecule has 0 aromatic carbocycles. The first kappa shape index (κ1) is 23.9. The summed E-state index contributed by atoms with van der Waals surface area (Å²) in [6, 6.07) is 0. The van der Waals surface area contributed by atoms with Gasteiger partial charge in [0.2, 0.25) is 0 Å². The van der Waals surface area contributed by atoms with Gasteiger partial charge in [-0.15, -0.1) is 0 Å². The Bertz CT molecular complexity index is 490. The first-order valence-electron chi connectivity index (χ1n) is 9.88. The highest BCUT2D eigenvalue weighted by Crippen LogP contribution is 2.03. The number of ether oxygens (including phenoxy) is 1. The van der Waals surface area contributed by atoms with Crippen LogP contribution in [0.25, 0.3) is 0 Å². The third kappa shape index (κ3) is 18.3. The number of rotatable bonds is 16. The van der Waals surface area contributed by atoms with E-state index in [0.29, 0.717) is 12.4 Å². The average Bonchev–Trinajstić information content (AvgIpc) is 2.66. The summed E-state index contributed by atoms with van der Waals surface area (Å²) in [4.78, 5) is 10.7. The van der Waals surface area contributed by atoms with Crippen LogP contribution in [-0.4, -0.2) is 12.9 Å². The molecule has 2 nitrogen and oxygen atoms in total. The van der Waals surface area contributed by atoms with Gasteiger partial charge in [0.05, 0.1) is 6.61 Å². The summed E-state index contributed by atoms with van der Waals surface area (Å²) in [5.74, 6) is 0.455. The van der Waals surface area contributed by atoms with E-state index in [1.807, 2.05) is 13.0 Å². The maximum absolute atomic E-state index is 10.7. The van der Waals surface area contributed by atoms with E-state index < -0.39 is 0 Å². The third-order valence-corrected chi connectivity index (χ3v) is 3.51. The van der Waals surface area contributed by atoms with Crippen molar-refractivity contribution in [3.8, 4) is 0 Å². The molecular formula is C24H36O2. The number of aldehydes is 1. The second-order valence-electron chi connectivity index (χ2n) is 5.80. The minimum Gasteiger partial charge on any atom is -0.491 e. The monoisotopic (exact) mass is 356 g/mol. The quantitative estimate of drug-likeness (QED) is 0.0975. The summed E-state index contributed by atoms with van der Waals surface area (Å²) in [6.45, 7) is 4.58. The Hall–Kier alpha value is -2.09. The Balaban J connectivity index is 3.60. The molecule has 0 aliphatic carbocycles. The Morgan fingerprint density at radius 3 is 1.65 bits per heavy atom. The molecule has 0 rings (SSSR count). The molecule has 0 atom stereocenters. The zero-order chi connectivity index (χ0) is 19.1. The first-order valence-corrected chi connectivity index (χ1v) is 9.88. The number of allylic oxidation sites excluding steroid dienone is 12. The Morgan fingerprint density at radius 1 is 0.692 bits per heavy atom. The standard InChI is InChI=1S/C24H36O2/c1-3-5-6-7-8-9-10-11-12-13-14-15-16-17-18-19-20-21-22-24(23-25)26-4-2/h5-6,8-9,11-12,14-15,17-18,22-23H,3-4,7,10,13,16,19-21H2,1-2H3/b6-5-,9-8-,12-11-,15-14-,18-17-,24-22-. The summed E-state index contributed by atoms with van der Waals surface area (Å²) in [5, 5.41) is 0. The van der Waals surface area contributed by atoms with Crippen molar-refractivity contribution >= 4 is 6.29 Å². The smallest absolute Gasteiger partial charge is 0.184 e. The molecule has 0 fully saturated rings. The number of carbonyl (C=O) groups excluding carboxylic acids is 1. The lowest BCUT2D eigenvalue weighted by molar-refractivity contribution is -0.107. The lowest BCUT2D eigenvalue weighted by atomic mass is 10.2. The zero-order valence-corrected chi connectivity index (χ0v) is 16.6. The van der Waals surface area contributed by atoms with Gasteiger partial charge in [-0.1, -0.05) is 67.7 Å². The van der Waals surface area contributed by atoms with Crippen molar-refractivity contribution in [1.82, 2.24) is 0 Å². The van der Waals surface area contributed by atoms with Gasteiger partial charge in [-0.3, -0.25) is 4.79 Å². The van der Waals surface area contributed by atoms with Gasteiger partial charge in [0.1, 0.15) is 0 Å².